The normalized spacial score (nSPS) is 13.7. The fourth-order valence-corrected chi connectivity index (χ4v) is 7.21. The van der Waals surface area contributed by atoms with Crippen molar-refractivity contribution in [3.63, 3.8) is 0 Å². The molecule has 1 aliphatic rings. The van der Waals surface area contributed by atoms with Crippen LogP contribution in [0.25, 0.3) is 0 Å². The van der Waals surface area contributed by atoms with Gasteiger partial charge in [0, 0.05) is 0 Å². The molecule has 0 amide bonds. The Kier molecular flexibility index (Phi) is 16.8. The number of halogens is 3. The van der Waals surface area contributed by atoms with Gasteiger partial charge in [0.1, 0.15) is 0 Å². The molecule has 156 valence electrons. The molecule has 0 nitrogen and oxygen atoms in total. The van der Waals surface area contributed by atoms with E-state index in [0.717, 1.165) is 0 Å². The Morgan fingerprint density at radius 3 is 1.96 bits per heavy atom. The Hall–Kier alpha value is 0.501. The Labute approximate surface area is 206 Å². The van der Waals surface area contributed by atoms with Gasteiger partial charge >= 0.3 is 170 Å². The standard InChI is InChI=1S/C23H35Si.3ClH.Ti/c1-6-8-10-12-21-16-22(15-20(21)11-9-7-2)24-23-18(4)13-17(3)14-19(23)5;;;;/h13-14H,6-12,16,24H2,1-5H3;3*1H;/q;;;;+3/p-3. The molecule has 0 saturated heterocycles. The third-order valence-electron chi connectivity index (χ3n) is 5.60. The largest absolute Gasteiger partial charge is 1.00 e. The van der Waals surface area contributed by atoms with Crippen molar-refractivity contribution in [2.75, 3.05) is 0 Å². The molecular formula is C23H35Cl3SiTi. The van der Waals surface area contributed by atoms with Gasteiger partial charge in [-0.05, 0) is 0 Å². The van der Waals surface area contributed by atoms with E-state index in [0.29, 0.717) is 0 Å². The van der Waals surface area contributed by atoms with Crippen LogP contribution in [0.1, 0.15) is 81.9 Å². The molecular weight excluding hydrogens is 459 g/mol. The summed E-state index contributed by atoms with van der Waals surface area (Å²) in [7, 11) is -0.334. The SMILES string of the molecule is CCCCCC1=C(CCCC)[C]([Ti+3])=C([SiH2]c2c(C)cc(C)cc2C)C1.[Cl-].[Cl-].[Cl-]. The second kappa shape index (κ2) is 15.3. The number of rotatable bonds is 9. The van der Waals surface area contributed by atoms with E-state index in [2.05, 4.69) is 67.2 Å². The van der Waals surface area contributed by atoms with Crippen LogP contribution in [-0.4, -0.2) is 9.52 Å². The van der Waals surface area contributed by atoms with Crippen LogP contribution in [-0.2, 0) is 20.4 Å². The summed E-state index contributed by atoms with van der Waals surface area (Å²) in [6.45, 7) is 11.5. The maximum atomic E-state index is 2.43. The van der Waals surface area contributed by atoms with Gasteiger partial charge in [0.2, 0.25) is 0 Å². The summed E-state index contributed by atoms with van der Waals surface area (Å²) in [5, 5.41) is 3.53. The van der Waals surface area contributed by atoms with E-state index in [1.54, 1.807) is 20.2 Å². The zero-order chi connectivity index (χ0) is 18.4. The molecule has 0 saturated carbocycles. The van der Waals surface area contributed by atoms with E-state index >= 15 is 0 Å². The average Bonchev–Trinajstić information content (AvgIpc) is 2.84. The van der Waals surface area contributed by atoms with Crippen LogP contribution in [0.3, 0.4) is 0 Å². The molecule has 1 aromatic carbocycles. The Morgan fingerprint density at radius 2 is 1.43 bits per heavy atom. The number of hydrogen-bond donors (Lipinski definition) is 0. The molecule has 0 fully saturated rings. The van der Waals surface area contributed by atoms with Crippen molar-refractivity contribution in [2.45, 2.75) is 86.0 Å². The van der Waals surface area contributed by atoms with Gasteiger partial charge in [-0.3, -0.25) is 0 Å². The molecule has 28 heavy (non-hydrogen) atoms. The quantitative estimate of drug-likeness (QED) is 0.249. The van der Waals surface area contributed by atoms with Gasteiger partial charge in [0.05, 0.1) is 0 Å². The van der Waals surface area contributed by atoms with Crippen LogP contribution >= 0.6 is 0 Å². The molecule has 0 unspecified atom stereocenters. The predicted octanol–water partition coefficient (Wildman–Crippen LogP) is -3.35. The zero-order valence-corrected chi connectivity index (χ0v) is 23.4. The number of hydrogen-bond acceptors (Lipinski definition) is 0. The minimum absolute atomic E-state index is 0. The van der Waals surface area contributed by atoms with Crippen LogP contribution in [0.2, 0.25) is 0 Å². The summed E-state index contributed by atoms with van der Waals surface area (Å²) in [5.74, 6) is 0. The summed E-state index contributed by atoms with van der Waals surface area (Å²) in [4.78, 5) is 0. The maximum Gasteiger partial charge on any atom is -1.00 e. The van der Waals surface area contributed by atoms with Gasteiger partial charge in [-0.25, -0.2) is 0 Å². The molecule has 0 radical (unpaired) electrons. The van der Waals surface area contributed by atoms with E-state index in [1.165, 1.54) is 68.1 Å². The van der Waals surface area contributed by atoms with E-state index in [-0.39, 0.29) is 46.7 Å². The zero-order valence-electron chi connectivity index (χ0n) is 18.2. The maximum absolute atomic E-state index is 2.43. The van der Waals surface area contributed by atoms with Crippen LogP contribution in [0, 0.1) is 20.8 Å². The first-order valence-corrected chi connectivity index (χ1v) is 12.4. The van der Waals surface area contributed by atoms with Crippen molar-refractivity contribution in [3.8, 4) is 0 Å². The van der Waals surface area contributed by atoms with Crippen molar-refractivity contribution < 1.29 is 57.7 Å². The van der Waals surface area contributed by atoms with Crippen LogP contribution in [0.15, 0.2) is 32.4 Å². The topological polar surface area (TPSA) is 0 Å². The Balaban J connectivity index is 0. The number of unbranched alkanes of at least 4 members (excludes halogenated alkanes) is 3. The van der Waals surface area contributed by atoms with Gasteiger partial charge in [0.15, 0.2) is 0 Å². The molecule has 0 aromatic heterocycles. The molecule has 5 heteroatoms. The number of benzene rings is 1. The summed E-state index contributed by atoms with van der Waals surface area (Å²) in [6, 6.07) is 4.77. The van der Waals surface area contributed by atoms with Crippen molar-refractivity contribution in [1.29, 1.82) is 0 Å². The van der Waals surface area contributed by atoms with Crippen molar-refractivity contribution in [1.82, 2.24) is 0 Å². The molecule has 1 aromatic rings. The van der Waals surface area contributed by atoms with Crippen LogP contribution < -0.4 is 42.4 Å². The third kappa shape index (κ3) is 8.32. The van der Waals surface area contributed by atoms with Gasteiger partial charge in [-0.2, -0.15) is 0 Å². The first-order valence-electron chi connectivity index (χ1n) is 10.2. The molecule has 0 atom stereocenters. The third-order valence-corrected chi connectivity index (χ3v) is 9.68. The van der Waals surface area contributed by atoms with E-state index in [4.69, 9.17) is 0 Å². The molecule has 0 spiro atoms. The summed E-state index contributed by atoms with van der Waals surface area (Å²) < 4.78 is 1.69. The fourth-order valence-electron chi connectivity index (χ4n) is 4.18. The smallest absolute Gasteiger partial charge is 1.00 e. The van der Waals surface area contributed by atoms with Gasteiger partial charge < -0.3 is 37.2 Å². The molecule has 2 rings (SSSR count). The second-order valence-electron chi connectivity index (χ2n) is 7.85. The van der Waals surface area contributed by atoms with Crippen molar-refractivity contribution in [2.24, 2.45) is 0 Å². The number of aryl methyl sites for hydroxylation is 3. The minimum atomic E-state index is -0.334. The summed E-state index contributed by atoms with van der Waals surface area (Å²) in [5.41, 5.74) is 8.01. The van der Waals surface area contributed by atoms with Crippen LogP contribution in [0.5, 0.6) is 0 Å². The molecule has 0 N–H and O–H groups in total. The second-order valence-corrected chi connectivity index (χ2v) is 10.5. The molecule has 0 heterocycles. The summed E-state index contributed by atoms with van der Waals surface area (Å²) in [6.07, 6.45) is 10.7. The van der Waals surface area contributed by atoms with Gasteiger partial charge in [-0.15, -0.1) is 0 Å². The Morgan fingerprint density at radius 1 is 0.857 bits per heavy atom. The fraction of sp³-hybridized carbons (Fsp3) is 0.565. The van der Waals surface area contributed by atoms with Gasteiger partial charge in [0.25, 0.3) is 0 Å². The van der Waals surface area contributed by atoms with Gasteiger partial charge in [-0.1, -0.05) is 0 Å². The number of allylic oxidation sites excluding steroid dienone is 4. The average molecular weight is 494 g/mol. The Bertz CT molecular complexity index is 657. The monoisotopic (exact) mass is 492 g/mol. The summed E-state index contributed by atoms with van der Waals surface area (Å²) >= 11 is 2.43. The predicted molar refractivity (Wildman–Crippen MR) is 111 cm³/mol. The molecule has 0 aliphatic heterocycles. The van der Waals surface area contributed by atoms with Crippen molar-refractivity contribution >= 4 is 14.7 Å². The van der Waals surface area contributed by atoms with E-state index < -0.39 is 0 Å². The van der Waals surface area contributed by atoms with Crippen LogP contribution in [0.4, 0.5) is 0 Å². The molecule has 0 bridgehead atoms. The minimum Gasteiger partial charge on any atom is -1.00 e. The van der Waals surface area contributed by atoms with E-state index in [9.17, 15) is 0 Å². The van der Waals surface area contributed by atoms with Crippen molar-refractivity contribution in [3.05, 3.63) is 49.0 Å². The molecule has 1 aliphatic carbocycles. The first-order chi connectivity index (χ1) is 12.0. The first kappa shape index (κ1) is 30.7. The van der Waals surface area contributed by atoms with E-state index in [1.807, 2.05) is 5.20 Å².